The van der Waals surface area contributed by atoms with Crippen LogP contribution in [-0.4, -0.2) is 16.7 Å². The number of rotatable bonds is 5. The van der Waals surface area contributed by atoms with Gasteiger partial charge in [-0.15, -0.1) is 0 Å². The van der Waals surface area contributed by atoms with Gasteiger partial charge in [0.15, 0.2) is 0 Å². The number of nitrogens with zero attached hydrogens (tertiary/aromatic N) is 2. The van der Waals surface area contributed by atoms with Gasteiger partial charge in [0.2, 0.25) is 0 Å². The van der Waals surface area contributed by atoms with E-state index >= 15 is 0 Å². The second-order valence-corrected chi connectivity index (χ2v) is 7.81. The lowest BCUT2D eigenvalue weighted by Crippen LogP contribution is -2.21. The van der Waals surface area contributed by atoms with Crippen LogP contribution in [0.15, 0.2) is 102 Å². The van der Waals surface area contributed by atoms with Gasteiger partial charge in [-0.2, -0.15) is 0 Å². The zero-order valence-corrected chi connectivity index (χ0v) is 18.5. The van der Waals surface area contributed by atoms with Gasteiger partial charge >= 0.3 is 0 Å². The van der Waals surface area contributed by atoms with Crippen LogP contribution in [0.1, 0.15) is 0 Å². The lowest BCUT2D eigenvalue weighted by molar-refractivity contribution is 0.414. The molecule has 0 amide bonds. The third-order valence-electron chi connectivity index (χ3n) is 5.27. The summed E-state index contributed by atoms with van der Waals surface area (Å²) in [5.74, 6) is 2.61. The van der Waals surface area contributed by atoms with E-state index in [1.54, 1.807) is 29.9 Å². The minimum atomic E-state index is -0.137. The third-order valence-corrected chi connectivity index (χ3v) is 5.52. The molecule has 0 saturated carbocycles. The summed E-state index contributed by atoms with van der Waals surface area (Å²) in [6, 6.07) is 29.3. The fraction of sp³-hybridized carbons (Fsp3) is 0.0370. The van der Waals surface area contributed by atoms with Crippen molar-refractivity contribution in [3.05, 3.63) is 112 Å². The number of hydrogen-bond acceptors (Lipinski definition) is 4. The van der Waals surface area contributed by atoms with Crippen molar-refractivity contribution < 1.29 is 9.47 Å². The molecule has 0 aliphatic rings. The second-order valence-electron chi connectivity index (χ2n) is 7.37. The van der Waals surface area contributed by atoms with Crippen molar-refractivity contribution in [2.45, 2.75) is 0 Å². The molecule has 0 unspecified atom stereocenters. The van der Waals surface area contributed by atoms with Crippen LogP contribution in [0.25, 0.3) is 28.0 Å². The summed E-state index contributed by atoms with van der Waals surface area (Å²) in [4.78, 5) is 18.3. The third kappa shape index (κ3) is 4.19. The Morgan fingerprint density at radius 1 is 0.758 bits per heavy atom. The lowest BCUT2D eigenvalue weighted by Gasteiger charge is -2.15. The summed E-state index contributed by atoms with van der Waals surface area (Å²) >= 11 is 5.94. The van der Waals surface area contributed by atoms with E-state index in [-0.39, 0.29) is 5.56 Å². The first-order valence-corrected chi connectivity index (χ1v) is 10.7. The van der Waals surface area contributed by atoms with Crippen molar-refractivity contribution in [3.63, 3.8) is 0 Å². The number of para-hydroxylation sites is 1. The van der Waals surface area contributed by atoms with Gasteiger partial charge in [0, 0.05) is 10.6 Å². The van der Waals surface area contributed by atoms with Crippen LogP contribution < -0.4 is 15.0 Å². The van der Waals surface area contributed by atoms with Gasteiger partial charge in [-0.3, -0.25) is 9.36 Å². The van der Waals surface area contributed by atoms with Crippen LogP contribution in [-0.2, 0) is 0 Å². The Hall–Kier alpha value is -4.09. The maximum absolute atomic E-state index is 13.5. The average Bonchev–Trinajstić information content (AvgIpc) is 2.86. The first kappa shape index (κ1) is 20.8. The van der Waals surface area contributed by atoms with Crippen LogP contribution in [0.3, 0.4) is 0 Å². The van der Waals surface area contributed by atoms with Crippen molar-refractivity contribution in [3.8, 4) is 34.3 Å². The molecule has 0 atom stereocenters. The second kappa shape index (κ2) is 8.81. The highest BCUT2D eigenvalue weighted by atomic mass is 35.5. The molecule has 1 heterocycles. The molecule has 6 heteroatoms. The first-order valence-electron chi connectivity index (χ1n) is 10.3. The molecule has 5 rings (SSSR count). The highest BCUT2D eigenvalue weighted by Crippen LogP contribution is 2.28. The Morgan fingerprint density at radius 2 is 1.36 bits per heavy atom. The number of methoxy groups -OCH3 is 1. The zero-order chi connectivity index (χ0) is 22.8. The van der Waals surface area contributed by atoms with Gasteiger partial charge in [-0.25, -0.2) is 4.98 Å². The highest BCUT2D eigenvalue weighted by molar-refractivity contribution is 6.30. The molecule has 0 aliphatic carbocycles. The monoisotopic (exact) mass is 454 g/mol. The van der Waals surface area contributed by atoms with E-state index in [0.717, 1.165) is 5.56 Å². The van der Waals surface area contributed by atoms with Gasteiger partial charge < -0.3 is 9.47 Å². The number of benzene rings is 4. The fourth-order valence-corrected chi connectivity index (χ4v) is 3.73. The predicted molar refractivity (Wildman–Crippen MR) is 131 cm³/mol. The maximum Gasteiger partial charge on any atom is 0.266 e. The van der Waals surface area contributed by atoms with Crippen molar-refractivity contribution in [1.82, 2.24) is 9.55 Å². The Balaban J connectivity index is 1.60. The van der Waals surface area contributed by atoms with Gasteiger partial charge in [-0.05, 0) is 84.9 Å². The summed E-state index contributed by atoms with van der Waals surface area (Å²) in [5.41, 5.74) is 2.00. The molecule has 0 N–H and O–H groups in total. The molecule has 5 aromatic rings. The number of halogens is 1. The Bertz CT molecular complexity index is 1480. The molecule has 1 aromatic heterocycles. The summed E-state index contributed by atoms with van der Waals surface area (Å²) < 4.78 is 12.8. The lowest BCUT2D eigenvalue weighted by atomic mass is 10.1. The van der Waals surface area contributed by atoms with E-state index in [1.807, 2.05) is 78.9 Å². The molecule has 33 heavy (non-hydrogen) atoms. The number of ether oxygens (including phenoxy) is 2. The van der Waals surface area contributed by atoms with Crippen LogP contribution in [0.4, 0.5) is 0 Å². The molecular weight excluding hydrogens is 436 g/mol. The van der Waals surface area contributed by atoms with Crippen LogP contribution >= 0.6 is 11.6 Å². The zero-order valence-electron chi connectivity index (χ0n) is 17.7. The number of aromatic nitrogens is 2. The van der Waals surface area contributed by atoms with Crippen LogP contribution in [0.2, 0.25) is 5.02 Å². The molecule has 4 aromatic carbocycles. The Labute approximate surface area is 195 Å². The van der Waals surface area contributed by atoms with E-state index in [9.17, 15) is 4.79 Å². The molecule has 0 fully saturated rings. The van der Waals surface area contributed by atoms with Crippen LogP contribution in [0.5, 0.6) is 17.2 Å². The summed E-state index contributed by atoms with van der Waals surface area (Å²) in [6.45, 7) is 0. The van der Waals surface area contributed by atoms with E-state index in [0.29, 0.717) is 44.7 Å². The average molecular weight is 455 g/mol. The normalized spacial score (nSPS) is 10.8. The minimum absolute atomic E-state index is 0.137. The minimum Gasteiger partial charge on any atom is -0.497 e. The smallest absolute Gasteiger partial charge is 0.266 e. The molecule has 162 valence electrons. The SMILES string of the molecule is COc1ccc(-n2c(-c3ccc(Oc4ccc(Cl)cc4)cc3)nc3ccccc3c2=O)cc1. The summed E-state index contributed by atoms with van der Waals surface area (Å²) in [6.07, 6.45) is 0. The largest absolute Gasteiger partial charge is 0.497 e. The summed E-state index contributed by atoms with van der Waals surface area (Å²) in [5, 5.41) is 1.20. The van der Waals surface area contributed by atoms with Crippen molar-refractivity contribution in [1.29, 1.82) is 0 Å². The summed E-state index contributed by atoms with van der Waals surface area (Å²) in [7, 11) is 1.61. The maximum atomic E-state index is 13.5. The Morgan fingerprint density at radius 3 is 2.03 bits per heavy atom. The van der Waals surface area contributed by atoms with Crippen molar-refractivity contribution >= 4 is 22.5 Å². The van der Waals surface area contributed by atoms with Gasteiger partial charge in [0.05, 0.1) is 23.7 Å². The molecule has 0 aliphatic heterocycles. The van der Waals surface area contributed by atoms with Gasteiger partial charge in [0.25, 0.3) is 5.56 Å². The van der Waals surface area contributed by atoms with Crippen molar-refractivity contribution in [2.75, 3.05) is 7.11 Å². The van der Waals surface area contributed by atoms with E-state index in [4.69, 9.17) is 26.1 Å². The van der Waals surface area contributed by atoms with Gasteiger partial charge in [0.1, 0.15) is 23.1 Å². The molecule has 0 saturated heterocycles. The first-order chi connectivity index (χ1) is 16.1. The quantitative estimate of drug-likeness (QED) is 0.304. The molecule has 5 nitrogen and oxygen atoms in total. The number of hydrogen-bond donors (Lipinski definition) is 0. The van der Waals surface area contributed by atoms with E-state index < -0.39 is 0 Å². The van der Waals surface area contributed by atoms with E-state index in [2.05, 4.69) is 0 Å². The van der Waals surface area contributed by atoms with Crippen LogP contribution in [0, 0.1) is 0 Å². The predicted octanol–water partition coefficient (Wildman–Crippen LogP) is 6.51. The van der Waals surface area contributed by atoms with Crippen molar-refractivity contribution in [2.24, 2.45) is 0 Å². The molecule has 0 radical (unpaired) electrons. The standard InChI is InChI=1S/C27H19ClN2O3/c1-32-21-16-10-20(11-17-21)30-26(29-25-5-3-2-4-24(25)27(30)31)18-6-12-22(13-7-18)33-23-14-8-19(28)9-15-23/h2-17H,1H3. The highest BCUT2D eigenvalue weighted by Gasteiger charge is 2.15. The number of fused-ring (bicyclic) bond motifs is 1. The van der Waals surface area contributed by atoms with Gasteiger partial charge in [-0.1, -0.05) is 23.7 Å². The van der Waals surface area contributed by atoms with E-state index in [1.165, 1.54) is 0 Å². The Kier molecular flexibility index (Phi) is 5.55. The molecule has 0 spiro atoms. The molecular formula is C27H19ClN2O3. The topological polar surface area (TPSA) is 53.4 Å². The molecule has 0 bridgehead atoms. The fourth-order valence-electron chi connectivity index (χ4n) is 3.61.